The van der Waals surface area contributed by atoms with Crippen LogP contribution in [0.25, 0.3) is 0 Å². The van der Waals surface area contributed by atoms with Gasteiger partial charge in [0.25, 0.3) is 5.91 Å². The molecular weight excluding hydrogens is 372 g/mol. The Balaban J connectivity index is 1.56. The van der Waals surface area contributed by atoms with E-state index in [1.54, 1.807) is 30.8 Å². The SMILES string of the molecule is CC1Oc2ccccc2N(CCC(=O)N2CCCN(CC(=O)N(C)C)CC2)C1=O. The van der Waals surface area contributed by atoms with E-state index < -0.39 is 6.10 Å². The van der Waals surface area contributed by atoms with E-state index in [0.717, 1.165) is 13.0 Å². The Morgan fingerprint density at radius 3 is 2.66 bits per heavy atom. The van der Waals surface area contributed by atoms with Crippen LogP contribution in [-0.4, -0.2) is 91.9 Å². The van der Waals surface area contributed by atoms with Crippen molar-refractivity contribution in [3.05, 3.63) is 24.3 Å². The fraction of sp³-hybridized carbons (Fsp3) is 0.571. The molecule has 0 aliphatic carbocycles. The Morgan fingerprint density at radius 1 is 1.14 bits per heavy atom. The lowest BCUT2D eigenvalue weighted by Crippen LogP contribution is -2.46. The second-order valence-corrected chi connectivity index (χ2v) is 7.77. The van der Waals surface area contributed by atoms with Crippen LogP contribution in [0.15, 0.2) is 24.3 Å². The highest BCUT2D eigenvalue weighted by atomic mass is 16.5. The first-order chi connectivity index (χ1) is 13.9. The highest BCUT2D eigenvalue weighted by Gasteiger charge is 2.32. The zero-order chi connectivity index (χ0) is 21.0. The van der Waals surface area contributed by atoms with Crippen LogP contribution in [0.4, 0.5) is 5.69 Å². The average molecular weight is 402 g/mol. The number of amides is 3. The number of nitrogens with zero attached hydrogens (tertiary/aromatic N) is 4. The lowest BCUT2D eigenvalue weighted by atomic mass is 10.1. The molecule has 0 bridgehead atoms. The number of fused-ring (bicyclic) bond motifs is 1. The number of rotatable bonds is 5. The first-order valence-electron chi connectivity index (χ1n) is 10.1. The van der Waals surface area contributed by atoms with Crippen molar-refractivity contribution < 1.29 is 19.1 Å². The van der Waals surface area contributed by atoms with Gasteiger partial charge in [-0.25, -0.2) is 0 Å². The predicted octanol–water partition coefficient (Wildman–Crippen LogP) is 0.813. The molecule has 1 aromatic carbocycles. The summed E-state index contributed by atoms with van der Waals surface area (Å²) < 4.78 is 5.65. The molecule has 0 aromatic heterocycles. The molecule has 158 valence electrons. The Labute approximate surface area is 172 Å². The van der Waals surface area contributed by atoms with Crippen LogP contribution in [0.2, 0.25) is 0 Å². The van der Waals surface area contributed by atoms with Crippen molar-refractivity contribution in [2.75, 3.05) is 58.3 Å². The molecule has 0 spiro atoms. The second-order valence-electron chi connectivity index (χ2n) is 7.77. The van der Waals surface area contributed by atoms with Crippen LogP contribution in [0.3, 0.4) is 0 Å². The van der Waals surface area contributed by atoms with Crippen LogP contribution in [0.5, 0.6) is 5.75 Å². The van der Waals surface area contributed by atoms with E-state index in [-0.39, 0.29) is 24.1 Å². The smallest absolute Gasteiger partial charge is 0.267 e. The third-order valence-electron chi connectivity index (χ3n) is 5.42. The average Bonchev–Trinajstić information content (AvgIpc) is 2.93. The molecule has 2 aliphatic rings. The second kappa shape index (κ2) is 9.26. The maximum atomic E-state index is 12.8. The number of para-hydroxylation sites is 2. The molecule has 1 unspecified atom stereocenters. The van der Waals surface area contributed by atoms with Crippen LogP contribution >= 0.6 is 0 Å². The van der Waals surface area contributed by atoms with E-state index in [4.69, 9.17) is 4.74 Å². The molecule has 29 heavy (non-hydrogen) atoms. The summed E-state index contributed by atoms with van der Waals surface area (Å²) in [7, 11) is 3.50. The summed E-state index contributed by atoms with van der Waals surface area (Å²) in [6, 6.07) is 7.41. The molecule has 2 heterocycles. The molecule has 8 heteroatoms. The van der Waals surface area contributed by atoms with Gasteiger partial charge < -0.3 is 19.4 Å². The van der Waals surface area contributed by atoms with Gasteiger partial charge in [-0.3, -0.25) is 19.3 Å². The molecule has 0 N–H and O–H groups in total. The van der Waals surface area contributed by atoms with Crippen LogP contribution in [0, 0.1) is 0 Å². The third kappa shape index (κ3) is 5.06. The topological polar surface area (TPSA) is 73.4 Å². The minimum atomic E-state index is -0.555. The largest absolute Gasteiger partial charge is 0.479 e. The Kier molecular flexibility index (Phi) is 6.74. The fourth-order valence-corrected chi connectivity index (χ4v) is 3.67. The minimum Gasteiger partial charge on any atom is -0.479 e. The number of carbonyl (C=O) groups is 3. The minimum absolute atomic E-state index is 0.0372. The highest BCUT2D eigenvalue weighted by Crippen LogP contribution is 2.33. The maximum Gasteiger partial charge on any atom is 0.267 e. The molecule has 1 atom stereocenters. The van der Waals surface area contributed by atoms with Crippen LogP contribution < -0.4 is 9.64 Å². The Hall–Kier alpha value is -2.61. The predicted molar refractivity (Wildman–Crippen MR) is 110 cm³/mol. The highest BCUT2D eigenvalue weighted by molar-refractivity contribution is 6.00. The molecule has 3 amide bonds. The van der Waals surface area contributed by atoms with Crippen molar-refractivity contribution in [1.82, 2.24) is 14.7 Å². The molecule has 8 nitrogen and oxygen atoms in total. The number of ether oxygens (including phenoxy) is 1. The van der Waals surface area contributed by atoms with Gasteiger partial charge in [-0.05, 0) is 25.5 Å². The van der Waals surface area contributed by atoms with Crippen molar-refractivity contribution in [3.8, 4) is 5.75 Å². The molecule has 3 rings (SSSR count). The van der Waals surface area contributed by atoms with Gasteiger partial charge in [0.05, 0.1) is 12.2 Å². The number of carbonyl (C=O) groups excluding carboxylic acids is 3. The van der Waals surface area contributed by atoms with E-state index in [9.17, 15) is 14.4 Å². The van der Waals surface area contributed by atoms with Crippen molar-refractivity contribution in [1.29, 1.82) is 0 Å². The van der Waals surface area contributed by atoms with Gasteiger partial charge in [0.1, 0.15) is 5.75 Å². The first kappa shape index (κ1) is 21.1. The van der Waals surface area contributed by atoms with Gasteiger partial charge in [-0.2, -0.15) is 0 Å². The zero-order valence-corrected chi connectivity index (χ0v) is 17.5. The van der Waals surface area contributed by atoms with E-state index in [0.29, 0.717) is 44.2 Å². The molecule has 0 saturated carbocycles. The number of anilines is 1. The van der Waals surface area contributed by atoms with Crippen LogP contribution in [0.1, 0.15) is 19.8 Å². The molecule has 1 saturated heterocycles. The number of hydrogen-bond acceptors (Lipinski definition) is 5. The van der Waals surface area contributed by atoms with Gasteiger partial charge in [0, 0.05) is 53.2 Å². The Morgan fingerprint density at radius 2 is 1.90 bits per heavy atom. The zero-order valence-electron chi connectivity index (χ0n) is 17.5. The molecular formula is C21H30N4O4. The van der Waals surface area contributed by atoms with Gasteiger partial charge in [0.15, 0.2) is 6.10 Å². The number of likely N-dealkylation sites (N-methyl/N-ethyl adjacent to an activating group) is 1. The van der Waals surface area contributed by atoms with Gasteiger partial charge >= 0.3 is 0 Å². The summed E-state index contributed by atoms with van der Waals surface area (Å²) in [6.45, 7) is 5.20. The van der Waals surface area contributed by atoms with Crippen molar-refractivity contribution >= 4 is 23.4 Å². The Bertz CT molecular complexity index is 767. The van der Waals surface area contributed by atoms with E-state index in [1.807, 2.05) is 29.2 Å². The number of benzene rings is 1. The lowest BCUT2D eigenvalue weighted by Gasteiger charge is -2.33. The summed E-state index contributed by atoms with van der Waals surface area (Å²) in [5.41, 5.74) is 0.715. The standard InChI is InChI=1S/C21H30N4O4/c1-16-21(28)25(17-7-4-5-8-18(17)29-16)12-9-19(26)24-11-6-10-23(13-14-24)15-20(27)22(2)3/h4-5,7-8,16H,6,9-15H2,1-3H3. The van der Waals surface area contributed by atoms with Gasteiger partial charge in [-0.15, -0.1) is 0 Å². The summed E-state index contributed by atoms with van der Waals surface area (Å²) in [5.74, 6) is 0.655. The molecule has 1 fully saturated rings. The van der Waals surface area contributed by atoms with Gasteiger partial charge in [-0.1, -0.05) is 12.1 Å². The van der Waals surface area contributed by atoms with Crippen LogP contribution in [-0.2, 0) is 14.4 Å². The molecule has 0 radical (unpaired) electrons. The summed E-state index contributed by atoms with van der Waals surface area (Å²) in [5, 5.41) is 0. The maximum absolute atomic E-state index is 12.8. The first-order valence-corrected chi connectivity index (χ1v) is 10.1. The van der Waals surface area contributed by atoms with Crippen molar-refractivity contribution in [2.45, 2.75) is 25.9 Å². The van der Waals surface area contributed by atoms with Crippen molar-refractivity contribution in [3.63, 3.8) is 0 Å². The summed E-state index contributed by atoms with van der Waals surface area (Å²) in [6.07, 6.45) is 0.549. The third-order valence-corrected chi connectivity index (χ3v) is 5.42. The van der Waals surface area contributed by atoms with E-state index >= 15 is 0 Å². The monoisotopic (exact) mass is 402 g/mol. The summed E-state index contributed by atoms with van der Waals surface area (Å²) >= 11 is 0. The lowest BCUT2D eigenvalue weighted by molar-refractivity contribution is -0.131. The van der Waals surface area contributed by atoms with Gasteiger partial charge in [0.2, 0.25) is 11.8 Å². The molecule has 1 aromatic rings. The van der Waals surface area contributed by atoms with E-state index in [2.05, 4.69) is 4.90 Å². The fourth-order valence-electron chi connectivity index (χ4n) is 3.67. The number of hydrogen-bond donors (Lipinski definition) is 0. The van der Waals surface area contributed by atoms with E-state index in [1.165, 1.54) is 0 Å². The summed E-state index contributed by atoms with van der Waals surface area (Å²) in [4.78, 5) is 44.5. The van der Waals surface area contributed by atoms with Crippen molar-refractivity contribution in [2.24, 2.45) is 0 Å². The normalized spacial score (nSPS) is 20.0. The quantitative estimate of drug-likeness (QED) is 0.729. The molecule has 2 aliphatic heterocycles.